The van der Waals surface area contributed by atoms with Crippen molar-refractivity contribution in [2.45, 2.75) is 84.0 Å². The predicted octanol–water partition coefficient (Wildman–Crippen LogP) is 8.03. The molecule has 0 saturated carbocycles. The Labute approximate surface area is 224 Å². The number of hydrogen-bond donors (Lipinski definition) is 1. The van der Waals surface area contributed by atoms with Crippen molar-refractivity contribution < 1.29 is 14.7 Å². The molecule has 3 aromatic rings. The number of carboxylic acid groups (broad SMARTS) is 1. The van der Waals surface area contributed by atoms with Crippen molar-refractivity contribution in [3.8, 4) is 0 Å². The van der Waals surface area contributed by atoms with E-state index in [0.29, 0.717) is 12.0 Å². The van der Waals surface area contributed by atoms with Gasteiger partial charge in [-0.3, -0.25) is 4.79 Å². The number of carboxylic acids is 1. The van der Waals surface area contributed by atoms with Crippen LogP contribution in [0.15, 0.2) is 78.9 Å². The van der Waals surface area contributed by atoms with Crippen molar-refractivity contribution in [3.05, 3.63) is 90.0 Å². The van der Waals surface area contributed by atoms with Gasteiger partial charge in [-0.1, -0.05) is 138 Å². The molecular formula is C33H41O3P. The minimum Gasteiger partial charge on any atom is -0.478 e. The lowest BCUT2D eigenvalue weighted by atomic mass is 10.0. The number of hydrogen-bond acceptors (Lipinski definition) is 2. The molecule has 0 aromatic heterocycles. The van der Waals surface area contributed by atoms with E-state index >= 15 is 0 Å². The van der Waals surface area contributed by atoms with Crippen molar-refractivity contribution in [2.24, 2.45) is 0 Å². The van der Waals surface area contributed by atoms with Crippen LogP contribution in [0.2, 0.25) is 0 Å². The second-order valence-electron chi connectivity index (χ2n) is 9.75. The maximum atomic E-state index is 13.1. The number of Topliss-reactive ketones (excluding diaryl/α,β-unsaturated/α-hetero) is 1. The molecule has 4 heteroatoms. The van der Waals surface area contributed by atoms with Crippen molar-refractivity contribution in [1.82, 2.24) is 0 Å². The Morgan fingerprint density at radius 2 is 1.14 bits per heavy atom. The van der Waals surface area contributed by atoms with E-state index in [0.717, 1.165) is 28.8 Å². The number of ketones is 1. The number of rotatable bonds is 17. The molecule has 0 fully saturated rings. The van der Waals surface area contributed by atoms with Gasteiger partial charge in [0.2, 0.25) is 0 Å². The van der Waals surface area contributed by atoms with Gasteiger partial charge in [-0.15, -0.1) is 0 Å². The number of unbranched alkanes of at least 4 members (excludes halogenated alkanes) is 10. The monoisotopic (exact) mass is 516 g/mol. The lowest BCUT2D eigenvalue weighted by molar-refractivity contribution is 0.0698. The van der Waals surface area contributed by atoms with Gasteiger partial charge in [-0.2, -0.15) is 0 Å². The van der Waals surface area contributed by atoms with E-state index in [4.69, 9.17) is 0 Å². The van der Waals surface area contributed by atoms with E-state index in [-0.39, 0.29) is 11.3 Å². The highest BCUT2D eigenvalue weighted by Crippen LogP contribution is 2.34. The average molecular weight is 517 g/mol. The van der Waals surface area contributed by atoms with Gasteiger partial charge in [0, 0.05) is 17.3 Å². The minimum atomic E-state index is -1.10. The Balaban J connectivity index is 1.64. The second kappa shape index (κ2) is 16.2. The van der Waals surface area contributed by atoms with Gasteiger partial charge in [0.1, 0.15) is 0 Å². The second-order valence-corrected chi connectivity index (χ2v) is 11.9. The number of carbonyl (C=O) groups is 2. The maximum Gasteiger partial charge on any atom is 0.336 e. The molecule has 0 bridgehead atoms. The number of aromatic carboxylic acids is 1. The summed E-state index contributed by atoms with van der Waals surface area (Å²) in [7, 11) is -1.10. The molecule has 196 valence electrons. The summed E-state index contributed by atoms with van der Waals surface area (Å²) in [4.78, 5) is 25.3. The van der Waals surface area contributed by atoms with Gasteiger partial charge in [0.25, 0.3) is 0 Å². The first-order valence-corrected chi connectivity index (χ1v) is 15.3. The smallest absolute Gasteiger partial charge is 0.336 e. The summed E-state index contributed by atoms with van der Waals surface area (Å²) < 4.78 is 0. The van der Waals surface area contributed by atoms with Crippen LogP contribution in [-0.2, 0) is 0 Å². The minimum absolute atomic E-state index is 0.102. The molecule has 3 aromatic carbocycles. The molecule has 3 rings (SSSR count). The third-order valence-electron chi connectivity index (χ3n) is 6.83. The van der Waals surface area contributed by atoms with E-state index in [2.05, 4.69) is 6.92 Å². The molecule has 0 atom stereocenters. The van der Waals surface area contributed by atoms with E-state index in [1.165, 1.54) is 57.8 Å². The summed E-state index contributed by atoms with van der Waals surface area (Å²) in [5, 5.41) is 12.8. The molecule has 1 N–H and O–H groups in total. The molecule has 0 heterocycles. The molecule has 0 aliphatic rings. The van der Waals surface area contributed by atoms with Crippen LogP contribution in [0, 0.1) is 0 Å². The average Bonchev–Trinajstić information content (AvgIpc) is 2.93. The highest BCUT2D eigenvalue weighted by atomic mass is 31.1. The van der Waals surface area contributed by atoms with E-state index in [9.17, 15) is 14.7 Å². The van der Waals surface area contributed by atoms with Crippen molar-refractivity contribution in [1.29, 1.82) is 0 Å². The number of carbonyl (C=O) groups excluding carboxylic acids is 1. The molecule has 0 amide bonds. The van der Waals surface area contributed by atoms with E-state index in [1.807, 2.05) is 66.7 Å². The fourth-order valence-electron chi connectivity index (χ4n) is 4.75. The van der Waals surface area contributed by atoms with Gasteiger partial charge in [-0.05, 0) is 37.1 Å². The molecule has 37 heavy (non-hydrogen) atoms. The molecule has 0 aliphatic heterocycles. The quantitative estimate of drug-likeness (QED) is 0.112. The van der Waals surface area contributed by atoms with Crippen LogP contribution in [0.1, 0.15) is 105 Å². The van der Waals surface area contributed by atoms with Crippen LogP contribution in [0.4, 0.5) is 0 Å². The Morgan fingerprint density at radius 1 is 0.649 bits per heavy atom. The lowest BCUT2D eigenvalue weighted by Gasteiger charge is -2.21. The predicted molar refractivity (Wildman–Crippen MR) is 158 cm³/mol. The fraction of sp³-hybridized carbons (Fsp3) is 0.394. The van der Waals surface area contributed by atoms with Gasteiger partial charge >= 0.3 is 5.97 Å². The SMILES string of the molecule is CCCCCCCCCCCCCC(=O)c1ccc(C(=O)O)c(P(c2ccccc2)c2ccccc2)c1. The normalized spacial score (nSPS) is 11.1. The van der Waals surface area contributed by atoms with E-state index < -0.39 is 13.9 Å². The van der Waals surface area contributed by atoms with Gasteiger partial charge in [0.15, 0.2) is 5.78 Å². The Bertz CT molecular complexity index is 1060. The summed E-state index contributed by atoms with van der Waals surface area (Å²) in [5.41, 5.74) is 0.886. The number of benzene rings is 3. The standard InChI is InChI=1S/C33H41O3P/c1-2-3-4-5-6-7-8-9-10-11-18-23-31(34)27-24-25-30(33(35)36)32(26-27)37(28-19-14-12-15-20-28)29-21-16-13-17-22-29/h12-17,19-22,24-26H,2-11,18,23H2,1H3,(H,35,36). The van der Waals surface area contributed by atoms with Gasteiger partial charge < -0.3 is 5.11 Å². The zero-order chi connectivity index (χ0) is 26.3. The van der Waals surface area contributed by atoms with Crippen LogP contribution < -0.4 is 15.9 Å². The zero-order valence-electron chi connectivity index (χ0n) is 22.2. The van der Waals surface area contributed by atoms with Crippen molar-refractivity contribution in [2.75, 3.05) is 0 Å². The summed E-state index contributed by atoms with van der Waals surface area (Å²) in [5.74, 6) is -0.857. The molecule has 0 radical (unpaired) electrons. The Morgan fingerprint density at radius 3 is 1.62 bits per heavy atom. The van der Waals surface area contributed by atoms with Crippen molar-refractivity contribution in [3.63, 3.8) is 0 Å². The van der Waals surface area contributed by atoms with Gasteiger partial charge in [-0.25, -0.2) is 4.79 Å². The summed E-state index contributed by atoms with van der Waals surface area (Å²) >= 11 is 0. The van der Waals surface area contributed by atoms with Crippen LogP contribution in [0.5, 0.6) is 0 Å². The summed E-state index contributed by atoms with van der Waals surface area (Å²) in [6, 6.07) is 25.2. The lowest BCUT2D eigenvalue weighted by Crippen LogP contribution is -2.26. The first kappa shape index (κ1) is 28.8. The third-order valence-corrected chi connectivity index (χ3v) is 9.31. The van der Waals surface area contributed by atoms with Crippen LogP contribution in [0.3, 0.4) is 0 Å². The van der Waals surface area contributed by atoms with E-state index in [1.54, 1.807) is 12.1 Å². The molecule has 0 aliphatic carbocycles. The molecular weight excluding hydrogens is 475 g/mol. The fourth-order valence-corrected chi connectivity index (χ4v) is 7.22. The first-order chi connectivity index (χ1) is 18.1. The Kier molecular flexibility index (Phi) is 12.6. The largest absolute Gasteiger partial charge is 0.478 e. The maximum absolute atomic E-state index is 13.1. The highest BCUT2D eigenvalue weighted by Gasteiger charge is 2.23. The Hall–Kier alpha value is -2.77. The highest BCUT2D eigenvalue weighted by molar-refractivity contribution is 7.80. The molecule has 0 unspecified atom stereocenters. The molecule has 0 spiro atoms. The topological polar surface area (TPSA) is 54.4 Å². The molecule has 0 saturated heterocycles. The summed E-state index contributed by atoms with van der Waals surface area (Å²) in [6.07, 6.45) is 14.2. The van der Waals surface area contributed by atoms with Crippen LogP contribution >= 0.6 is 7.92 Å². The summed E-state index contributed by atoms with van der Waals surface area (Å²) in [6.45, 7) is 2.25. The first-order valence-electron chi connectivity index (χ1n) is 13.9. The zero-order valence-corrected chi connectivity index (χ0v) is 23.1. The molecule has 3 nitrogen and oxygen atoms in total. The van der Waals surface area contributed by atoms with Crippen molar-refractivity contribution >= 4 is 35.6 Å². The van der Waals surface area contributed by atoms with Crippen LogP contribution in [0.25, 0.3) is 0 Å². The third kappa shape index (κ3) is 9.24. The van der Waals surface area contributed by atoms with Gasteiger partial charge in [0.05, 0.1) is 5.56 Å². The van der Waals surface area contributed by atoms with Crippen LogP contribution in [-0.4, -0.2) is 16.9 Å².